The SMILES string of the molecule is CCC(CC)(CO)NS(=O)(=O)c1ccc(OC)c(OC)c1. The van der Waals surface area contributed by atoms with Crippen LogP contribution in [-0.2, 0) is 10.0 Å². The Balaban J connectivity index is 3.19. The first-order chi connectivity index (χ1) is 9.87. The molecular weight excluding hydrogens is 294 g/mol. The van der Waals surface area contributed by atoms with Crippen LogP contribution < -0.4 is 14.2 Å². The first-order valence-electron chi connectivity index (χ1n) is 6.75. The van der Waals surface area contributed by atoms with Gasteiger partial charge < -0.3 is 14.6 Å². The first kappa shape index (κ1) is 17.7. The Morgan fingerprint density at radius 1 is 1.14 bits per heavy atom. The van der Waals surface area contributed by atoms with Crippen molar-refractivity contribution in [2.75, 3.05) is 20.8 Å². The molecule has 0 aliphatic rings. The second kappa shape index (κ2) is 7.11. The normalized spacial score (nSPS) is 12.2. The Bertz CT molecular complexity index is 558. The summed E-state index contributed by atoms with van der Waals surface area (Å²) in [4.78, 5) is 0.0693. The molecule has 0 heterocycles. The zero-order valence-corrected chi connectivity index (χ0v) is 13.7. The summed E-state index contributed by atoms with van der Waals surface area (Å²) < 4.78 is 37.7. The predicted octanol–water partition coefficient (Wildman–Crippen LogP) is 1.53. The van der Waals surface area contributed by atoms with E-state index in [0.29, 0.717) is 24.3 Å². The van der Waals surface area contributed by atoms with Crippen molar-refractivity contribution in [3.05, 3.63) is 18.2 Å². The molecule has 1 aromatic carbocycles. The van der Waals surface area contributed by atoms with Crippen molar-refractivity contribution in [2.45, 2.75) is 37.1 Å². The summed E-state index contributed by atoms with van der Waals surface area (Å²) in [5.74, 6) is 0.791. The Morgan fingerprint density at radius 3 is 2.14 bits per heavy atom. The standard InChI is InChI=1S/C14H23NO5S/c1-5-14(6-2,10-16)15-21(17,18)11-7-8-12(19-3)13(9-11)20-4/h7-9,15-16H,5-6,10H2,1-4H3. The van der Waals surface area contributed by atoms with E-state index in [-0.39, 0.29) is 11.5 Å². The molecule has 0 bridgehead atoms. The van der Waals surface area contributed by atoms with Crippen molar-refractivity contribution in [1.82, 2.24) is 4.72 Å². The highest BCUT2D eigenvalue weighted by Gasteiger charge is 2.31. The maximum absolute atomic E-state index is 12.5. The Kier molecular flexibility index (Phi) is 6.00. The van der Waals surface area contributed by atoms with E-state index in [1.54, 1.807) is 0 Å². The van der Waals surface area contributed by atoms with E-state index in [1.165, 1.54) is 32.4 Å². The van der Waals surface area contributed by atoms with Gasteiger partial charge in [-0.05, 0) is 25.0 Å². The number of hydrogen-bond acceptors (Lipinski definition) is 5. The third-order valence-corrected chi connectivity index (χ3v) is 5.25. The number of aliphatic hydroxyl groups is 1. The van der Waals surface area contributed by atoms with Gasteiger partial charge in [0, 0.05) is 6.07 Å². The summed E-state index contributed by atoms with van der Waals surface area (Å²) >= 11 is 0. The molecule has 6 nitrogen and oxygen atoms in total. The summed E-state index contributed by atoms with van der Waals surface area (Å²) in [6.45, 7) is 3.40. The van der Waals surface area contributed by atoms with Crippen molar-refractivity contribution in [3.63, 3.8) is 0 Å². The molecule has 7 heteroatoms. The van der Waals surface area contributed by atoms with Gasteiger partial charge in [0.1, 0.15) is 0 Å². The molecule has 0 aromatic heterocycles. The first-order valence-corrected chi connectivity index (χ1v) is 8.23. The second-order valence-electron chi connectivity index (χ2n) is 4.77. The summed E-state index contributed by atoms with van der Waals surface area (Å²) in [5.41, 5.74) is -0.855. The average molecular weight is 317 g/mol. The summed E-state index contributed by atoms with van der Waals surface area (Å²) in [7, 11) is -0.834. The molecule has 0 amide bonds. The zero-order chi connectivity index (χ0) is 16.1. The molecule has 0 radical (unpaired) electrons. The van der Waals surface area contributed by atoms with E-state index in [1.807, 2.05) is 13.8 Å². The number of benzene rings is 1. The van der Waals surface area contributed by atoms with Crippen LogP contribution in [0, 0.1) is 0 Å². The quantitative estimate of drug-likeness (QED) is 0.759. The molecule has 0 fully saturated rings. The van der Waals surface area contributed by atoms with Crippen molar-refractivity contribution >= 4 is 10.0 Å². The Hall–Kier alpha value is -1.31. The maximum Gasteiger partial charge on any atom is 0.241 e. The lowest BCUT2D eigenvalue weighted by Gasteiger charge is -2.30. The smallest absolute Gasteiger partial charge is 0.241 e. The lowest BCUT2D eigenvalue weighted by atomic mass is 9.96. The fourth-order valence-corrected chi connectivity index (χ4v) is 3.53. The van der Waals surface area contributed by atoms with E-state index in [9.17, 15) is 13.5 Å². The fourth-order valence-electron chi connectivity index (χ4n) is 1.98. The van der Waals surface area contributed by atoms with Gasteiger partial charge in [-0.25, -0.2) is 13.1 Å². The van der Waals surface area contributed by atoms with Gasteiger partial charge in [0.05, 0.1) is 31.3 Å². The van der Waals surface area contributed by atoms with Gasteiger partial charge in [0.15, 0.2) is 11.5 Å². The number of aliphatic hydroxyl groups excluding tert-OH is 1. The molecule has 2 N–H and O–H groups in total. The van der Waals surface area contributed by atoms with Gasteiger partial charge in [-0.3, -0.25) is 0 Å². The van der Waals surface area contributed by atoms with E-state index >= 15 is 0 Å². The molecule has 0 aliphatic carbocycles. The molecular formula is C14H23NO5S. The van der Waals surface area contributed by atoms with Crippen LogP contribution in [0.5, 0.6) is 11.5 Å². The molecule has 0 spiro atoms. The van der Waals surface area contributed by atoms with Gasteiger partial charge in [0.2, 0.25) is 10.0 Å². The van der Waals surface area contributed by atoms with Gasteiger partial charge in [-0.1, -0.05) is 13.8 Å². The van der Waals surface area contributed by atoms with Crippen LogP contribution >= 0.6 is 0 Å². The lowest BCUT2D eigenvalue weighted by molar-refractivity contribution is 0.172. The van der Waals surface area contributed by atoms with Crippen LogP contribution in [0.1, 0.15) is 26.7 Å². The summed E-state index contributed by atoms with van der Waals surface area (Å²) in [6, 6.07) is 4.37. The average Bonchev–Trinajstić information content (AvgIpc) is 2.51. The minimum atomic E-state index is -3.76. The largest absolute Gasteiger partial charge is 0.493 e. The maximum atomic E-state index is 12.5. The highest BCUT2D eigenvalue weighted by Crippen LogP contribution is 2.30. The Labute approximate surface area is 126 Å². The summed E-state index contributed by atoms with van der Waals surface area (Å²) in [5, 5.41) is 9.50. The molecule has 0 aliphatic heterocycles. The molecule has 1 aromatic rings. The van der Waals surface area contributed by atoms with Gasteiger partial charge in [0.25, 0.3) is 0 Å². The monoisotopic (exact) mass is 317 g/mol. The van der Waals surface area contributed by atoms with Crippen LogP contribution in [0.15, 0.2) is 23.1 Å². The fraction of sp³-hybridized carbons (Fsp3) is 0.571. The van der Waals surface area contributed by atoms with Crippen LogP contribution in [0.3, 0.4) is 0 Å². The molecule has 120 valence electrons. The van der Waals surface area contributed by atoms with Gasteiger partial charge in [-0.2, -0.15) is 0 Å². The van der Waals surface area contributed by atoms with Crippen molar-refractivity contribution < 1.29 is 23.0 Å². The van der Waals surface area contributed by atoms with Crippen LogP contribution in [-0.4, -0.2) is 39.9 Å². The lowest BCUT2D eigenvalue weighted by Crippen LogP contribution is -2.50. The number of nitrogens with one attached hydrogen (secondary N) is 1. The van der Waals surface area contributed by atoms with E-state index in [0.717, 1.165) is 0 Å². The van der Waals surface area contributed by atoms with Gasteiger partial charge >= 0.3 is 0 Å². The number of sulfonamides is 1. The number of ether oxygens (including phenoxy) is 2. The molecule has 21 heavy (non-hydrogen) atoms. The molecule has 0 saturated heterocycles. The topological polar surface area (TPSA) is 84.9 Å². The third kappa shape index (κ3) is 3.87. The van der Waals surface area contributed by atoms with E-state index in [4.69, 9.17) is 9.47 Å². The summed E-state index contributed by atoms with van der Waals surface area (Å²) in [6.07, 6.45) is 0.985. The third-order valence-electron chi connectivity index (χ3n) is 3.67. The highest BCUT2D eigenvalue weighted by atomic mass is 32.2. The van der Waals surface area contributed by atoms with Crippen molar-refractivity contribution in [1.29, 1.82) is 0 Å². The highest BCUT2D eigenvalue weighted by molar-refractivity contribution is 7.89. The molecule has 0 unspecified atom stereocenters. The van der Waals surface area contributed by atoms with E-state index < -0.39 is 15.6 Å². The second-order valence-corrected chi connectivity index (χ2v) is 6.45. The van der Waals surface area contributed by atoms with Crippen molar-refractivity contribution in [2.24, 2.45) is 0 Å². The number of rotatable bonds is 8. The van der Waals surface area contributed by atoms with Crippen LogP contribution in [0.2, 0.25) is 0 Å². The minimum Gasteiger partial charge on any atom is -0.493 e. The Morgan fingerprint density at radius 2 is 1.71 bits per heavy atom. The van der Waals surface area contributed by atoms with E-state index in [2.05, 4.69) is 4.72 Å². The minimum absolute atomic E-state index is 0.0693. The zero-order valence-electron chi connectivity index (χ0n) is 12.8. The predicted molar refractivity (Wildman–Crippen MR) is 80.3 cm³/mol. The molecule has 0 saturated carbocycles. The number of methoxy groups -OCH3 is 2. The van der Waals surface area contributed by atoms with Crippen molar-refractivity contribution in [3.8, 4) is 11.5 Å². The van der Waals surface area contributed by atoms with Crippen LogP contribution in [0.4, 0.5) is 0 Å². The molecule has 1 rings (SSSR count). The molecule has 0 atom stereocenters. The van der Waals surface area contributed by atoms with Crippen LogP contribution in [0.25, 0.3) is 0 Å². The number of hydrogen-bond donors (Lipinski definition) is 2. The van der Waals surface area contributed by atoms with Gasteiger partial charge in [-0.15, -0.1) is 0 Å².